The van der Waals surface area contributed by atoms with Gasteiger partial charge in [-0.2, -0.15) is 0 Å². The number of rotatable bonds is 4. The number of aromatic nitrogens is 1. The molecule has 3 nitrogen and oxygen atoms in total. The second-order valence-corrected chi connectivity index (χ2v) is 6.35. The molecule has 1 aromatic rings. The van der Waals surface area contributed by atoms with E-state index >= 15 is 0 Å². The summed E-state index contributed by atoms with van der Waals surface area (Å²) in [5.74, 6) is 2.11. The number of anilines is 1. The Labute approximate surface area is 122 Å². The van der Waals surface area contributed by atoms with Crippen LogP contribution >= 0.6 is 0 Å². The van der Waals surface area contributed by atoms with Crippen molar-refractivity contribution in [1.29, 1.82) is 0 Å². The lowest BCUT2D eigenvalue weighted by Gasteiger charge is -2.34. The van der Waals surface area contributed by atoms with Gasteiger partial charge in [-0.1, -0.05) is 19.8 Å². The Morgan fingerprint density at radius 3 is 2.80 bits per heavy atom. The van der Waals surface area contributed by atoms with Gasteiger partial charge in [0, 0.05) is 30.9 Å². The van der Waals surface area contributed by atoms with Crippen LogP contribution in [0.15, 0.2) is 6.07 Å². The molecule has 3 heteroatoms. The van der Waals surface area contributed by atoms with E-state index in [9.17, 15) is 0 Å². The van der Waals surface area contributed by atoms with Crippen LogP contribution < -0.4 is 10.6 Å². The first-order valence-corrected chi connectivity index (χ1v) is 8.28. The predicted octanol–water partition coefficient (Wildman–Crippen LogP) is 3.05. The zero-order valence-electron chi connectivity index (χ0n) is 12.7. The summed E-state index contributed by atoms with van der Waals surface area (Å²) in [6.45, 7) is 5.22. The molecule has 0 amide bonds. The molecule has 0 bridgehead atoms. The third-order valence-electron chi connectivity index (χ3n) is 4.94. The lowest BCUT2D eigenvalue weighted by atomic mass is 9.92. The van der Waals surface area contributed by atoms with Crippen LogP contribution in [-0.2, 0) is 19.4 Å². The molecule has 20 heavy (non-hydrogen) atoms. The normalized spacial score (nSPS) is 19.4. The Bertz CT molecular complexity index is 462. The molecule has 1 saturated heterocycles. The van der Waals surface area contributed by atoms with Crippen LogP contribution in [0.3, 0.4) is 0 Å². The Morgan fingerprint density at radius 1 is 1.30 bits per heavy atom. The standard InChI is InChI=1S/C17H27N3/c1-2-4-13-7-9-20(10-8-13)17-15(12-18)11-14-5-3-6-16(14)19-17/h11,13H,2-10,12,18H2,1H3. The van der Waals surface area contributed by atoms with Crippen molar-refractivity contribution >= 4 is 5.82 Å². The van der Waals surface area contributed by atoms with Gasteiger partial charge in [0.15, 0.2) is 0 Å². The van der Waals surface area contributed by atoms with Crippen LogP contribution in [-0.4, -0.2) is 18.1 Å². The van der Waals surface area contributed by atoms with E-state index in [1.165, 1.54) is 61.2 Å². The fourth-order valence-electron chi connectivity index (χ4n) is 3.77. The van der Waals surface area contributed by atoms with Gasteiger partial charge in [0.2, 0.25) is 0 Å². The number of pyridine rings is 1. The summed E-state index contributed by atoms with van der Waals surface area (Å²) < 4.78 is 0. The largest absolute Gasteiger partial charge is 0.356 e. The van der Waals surface area contributed by atoms with Gasteiger partial charge in [0.05, 0.1) is 0 Å². The van der Waals surface area contributed by atoms with E-state index in [1.807, 2.05) is 0 Å². The summed E-state index contributed by atoms with van der Waals surface area (Å²) in [5.41, 5.74) is 9.98. The second-order valence-electron chi connectivity index (χ2n) is 6.35. The highest BCUT2D eigenvalue weighted by Crippen LogP contribution is 2.30. The number of hydrogen-bond acceptors (Lipinski definition) is 3. The van der Waals surface area contributed by atoms with Crippen molar-refractivity contribution in [3.8, 4) is 0 Å². The molecule has 1 fully saturated rings. The highest BCUT2D eigenvalue weighted by Gasteiger charge is 2.23. The molecule has 2 heterocycles. The predicted molar refractivity (Wildman–Crippen MR) is 84.0 cm³/mol. The van der Waals surface area contributed by atoms with Crippen LogP contribution in [0.2, 0.25) is 0 Å². The smallest absolute Gasteiger partial charge is 0.133 e. The molecule has 1 aromatic heterocycles. The summed E-state index contributed by atoms with van der Waals surface area (Å²) in [5, 5.41) is 0. The van der Waals surface area contributed by atoms with Gasteiger partial charge in [0.25, 0.3) is 0 Å². The molecule has 0 spiro atoms. The molecule has 1 aliphatic heterocycles. The Hall–Kier alpha value is -1.09. The highest BCUT2D eigenvalue weighted by molar-refractivity contribution is 5.51. The van der Waals surface area contributed by atoms with E-state index in [2.05, 4.69) is 17.9 Å². The number of nitrogens with two attached hydrogens (primary N) is 1. The maximum Gasteiger partial charge on any atom is 0.133 e. The molecule has 2 N–H and O–H groups in total. The van der Waals surface area contributed by atoms with Crippen molar-refractivity contribution in [1.82, 2.24) is 4.98 Å². The monoisotopic (exact) mass is 273 g/mol. The van der Waals surface area contributed by atoms with Crippen molar-refractivity contribution < 1.29 is 0 Å². The molecule has 0 radical (unpaired) electrons. The van der Waals surface area contributed by atoms with Crippen LogP contribution in [0.1, 0.15) is 55.8 Å². The third kappa shape index (κ3) is 2.69. The average Bonchev–Trinajstić information content (AvgIpc) is 2.94. The number of piperidine rings is 1. The maximum atomic E-state index is 5.96. The van der Waals surface area contributed by atoms with Gasteiger partial charge in [0.1, 0.15) is 5.82 Å². The molecule has 110 valence electrons. The quantitative estimate of drug-likeness (QED) is 0.917. The van der Waals surface area contributed by atoms with Crippen LogP contribution in [0.4, 0.5) is 5.82 Å². The average molecular weight is 273 g/mol. The van der Waals surface area contributed by atoms with Gasteiger partial charge < -0.3 is 10.6 Å². The molecule has 1 aliphatic carbocycles. The minimum absolute atomic E-state index is 0.616. The van der Waals surface area contributed by atoms with Crippen molar-refractivity contribution in [2.75, 3.05) is 18.0 Å². The first-order chi connectivity index (χ1) is 9.81. The topological polar surface area (TPSA) is 42.2 Å². The van der Waals surface area contributed by atoms with Gasteiger partial charge in [-0.05, 0) is 49.7 Å². The van der Waals surface area contributed by atoms with E-state index < -0.39 is 0 Å². The van der Waals surface area contributed by atoms with E-state index in [0.717, 1.165) is 25.4 Å². The van der Waals surface area contributed by atoms with E-state index in [4.69, 9.17) is 10.7 Å². The number of nitrogens with zero attached hydrogens (tertiary/aromatic N) is 2. The Balaban J connectivity index is 1.77. The van der Waals surface area contributed by atoms with E-state index in [0.29, 0.717) is 6.54 Å². The number of aryl methyl sites for hydroxylation is 2. The number of hydrogen-bond donors (Lipinski definition) is 1. The van der Waals surface area contributed by atoms with Crippen LogP contribution in [0.5, 0.6) is 0 Å². The first kappa shape index (κ1) is 13.9. The minimum Gasteiger partial charge on any atom is -0.356 e. The fraction of sp³-hybridized carbons (Fsp3) is 0.706. The summed E-state index contributed by atoms with van der Waals surface area (Å²) >= 11 is 0. The van der Waals surface area contributed by atoms with Crippen LogP contribution in [0.25, 0.3) is 0 Å². The molecule has 0 atom stereocenters. The SMILES string of the molecule is CCCC1CCN(c2nc3c(cc2CN)CCC3)CC1. The van der Waals surface area contributed by atoms with Gasteiger partial charge >= 0.3 is 0 Å². The van der Waals surface area contributed by atoms with Gasteiger partial charge in [-0.15, -0.1) is 0 Å². The van der Waals surface area contributed by atoms with Crippen molar-refractivity contribution in [3.63, 3.8) is 0 Å². The van der Waals surface area contributed by atoms with Crippen molar-refractivity contribution in [3.05, 3.63) is 22.9 Å². The van der Waals surface area contributed by atoms with Crippen molar-refractivity contribution in [2.45, 2.75) is 58.4 Å². The highest BCUT2D eigenvalue weighted by atomic mass is 15.2. The lowest BCUT2D eigenvalue weighted by molar-refractivity contribution is 0.377. The lowest BCUT2D eigenvalue weighted by Crippen LogP contribution is -2.35. The summed E-state index contributed by atoms with van der Waals surface area (Å²) in [4.78, 5) is 7.44. The van der Waals surface area contributed by atoms with Gasteiger partial charge in [-0.25, -0.2) is 4.98 Å². The molecular weight excluding hydrogens is 246 g/mol. The second kappa shape index (κ2) is 6.13. The molecule has 0 unspecified atom stereocenters. The first-order valence-electron chi connectivity index (χ1n) is 8.28. The Morgan fingerprint density at radius 2 is 2.10 bits per heavy atom. The van der Waals surface area contributed by atoms with Crippen molar-refractivity contribution in [2.24, 2.45) is 11.7 Å². The maximum absolute atomic E-state index is 5.96. The van der Waals surface area contributed by atoms with E-state index in [-0.39, 0.29) is 0 Å². The third-order valence-corrected chi connectivity index (χ3v) is 4.94. The molecule has 2 aliphatic rings. The molecule has 0 saturated carbocycles. The summed E-state index contributed by atoms with van der Waals surface area (Å²) in [7, 11) is 0. The molecular formula is C17H27N3. The zero-order chi connectivity index (χ0) is 13.9. The Kier molecular flexibility index (Phi) is 4.25. The summed E-state index contributed by atoms with van der Waals surface area (Å²) in [6.07, 6.45) is 8.93. The summed E-state index contributed by atoms with van der Waals surface area (Å²) in [6, 6.07) is 2.32. The van der Waals surface area contributed by atoms with Crippen LogP contribution in [0, 0.1) is 5.92 Å². The number of fused-ring (bicyclic) bond motifs is 1. The fourth-order valence-corrected chi connectivity index (χ4v) is 3.77. The molecule has 0 aromatic carbocycles. The van der Waals surface area contributed by atoms with Gasteiger partial charge in [-0.3, -0.25) is 0 Å². The zero-order valence-corrected chi connectivity index (χ0v) is 12.7. The minimum atomic E-state index is 0.616. The van der Waals surface area contributed by atoms with E-state index in [1.54, 1.807) is 0 Å². The molecule has 3 rings (SSSR count).